The Bertz CT molecular complexity index is 1100. The van der Waals surface area contributed by atoms with Crippen molar-refractivity contribution in [3.8, 4) is 5.95 Å². The minimum atomic E-state index is -0.898. The predicted octanol–water partition coefficient (Wildman–Crippen LogP) is 2.95. The van der Waals surface area contributed by atoms with Crippen molar-refractivity contribution >= 4 is 29.3 Å². The van der Waals surface area contributed by atoms with Gasteiger partial charge in [0.2, 0.25) is 5.91 Å². The third kappa shape index (κ3) is 7.06. The first-order valence-electron chi connectivity index (χ1n) is 11.8. The number of nitrogens with one attached hydrogen (secondary N) is 3. The second-order valence-electron chi connectivity index (χ2n) is 8.98. The number of rotatable bonds is 8. The van der Waals surface area contributed by atoms with Gasteiger partial charge in [-0.1, -0.05) is 26.0 Å². The first-order chi connectivity index (χ1) is 17.2. The van der Waals surface area contributed by atoms with Crippen LogP contribution in [-0.2, 0) is 9.59 Å². The van der Waals surface area contributed by atoms with E-state index >= 15 is 0 Å². The molecular weight excluding hydrogens is 471 g/mol. The number of benzene rings is 1. The molecule has 4 amide bonds. The van der Waals surface area contributed by atoms with Gasteiger partial charge in [0.15, 0.2) is 11.5 Å². The van der Waals surface area contributed by atoms with Crippen molar-refractivity contribution in [2.75, 3.05) is 25.5 Å². The van der Waals surface area contributed by atoms with Crippen LogP contribution in [0, 0.1) is 11.7 Å². The monoisotopic (exact) mass is 502 g/mol. The number of carbonyl (C=O) groups excluding carboxylic acids is 4. The summed E-state index contributed by atoms with van der Waals surface area (Å²) in [6.07, 6.45) is 1.12. The van der Waals surface area contributed by atoms with Crippen LogP contribution in [-0.4, -0.2) is 60.8 Å². The lowest BCUT2D eigenvalue weighted by molar-refractivity contribution is -0.129. The number of ketones is 1. The number of nitrogens with zero attached hydrogens (tertiary/aromatic N) is 1. The van der Waals surface area contributed by atoms with Crippen molar-refractivity contribution in [1.29, 1.82) is 0 Å². The second kappa shape index (κ2) is 12.2. The highest BCUT2D eigenvalue weighted by Gasteiger charge is 2.31. The van der Waals surface area contributed by atoms with Gasteiger partial charge in [0.1, 0.15) is 11.9 Å². The zero-order valence-corrected chi connectivity index (χ0v) is 20.5. The highest BCUT2D eigenvalue weighted by Crippen LogP contribution is 2.17. The van der Waals surface area contributed by atoms with Gasteiger partial charge in [0, 0.05) is 12.6 Å². The number of halogens is 1. The van der Waals surface area contributed by atoms with Crippen molar-refractivity contribution < 1.29 is 32.7 Å². The zero-order chi connectivity index (χ0) is 26.2. The van der Waals surface area contributed by atoms with Crippen molar-refractivity contribution in [3.63, 3.8) is 0 Å². The number of Topliss-reactive ketones (excluding diaryl/α,β-unsaturated/α-hetero) is 1. The minimum Gasteiger partial charge on any atom is -0.468 e. The molecule has 2 heterocycles. The fourth-order valence-corrected chi connectivity index (χ4v) is 3.86. The van der Waals surface area contributed by atoms with Gasteiger partial charge in [0.25, 0.3) is 11.9 Å². The number of furan rings is 1. The Morgan fingerprint density at radius 2 is 1.94 bits per heavy atom. The number of likely N-dealkylation sites (tertiary alicyclic amines) is 1. The van der Waals surface area contributed by atoms with E-state index in [0.717, 1.165) is 0 Å². The number of carbonyl (C=O) groups is 4. The molecule has 0 saturated carbocycles. The molecule has 1 aliphatic heterocycles. The van der Waals surface area contributed by atoms with E-state index < -0.39 is 35.7 Å². The zero-order valence-electron chi connectivity index (χ0n) is 20.5. The van der Waals surface area contributed by atoms with E-state index in [2.05, 4.69) is 16.0 Å². The minimum absolute atomic E-state index is 0.00421. The average molecular weight is 503 g/mol. The summed E-state index contributed by atoms with van der Waals surface area (Å²) in [7, 11) is 1.41. The predicted molar refractivity (Wildman–Crippen MR) is 129 cm³/mol. The Labute approximate surface area is 208 Å². The van der Waals surface area contributed by atoms with Crippen LogP contribution in [0.15, 0.2) is 40.8 Å². The number of urea groups is 1. The van der Waals surface area contributed by atoms with E-state index in [4.69, 9.17) is 9.15 Å². The van der Waals surface area contributed by atoms with Gasteiger partial charge in [-0.05, 0) is 43.4 Å². The molecule has 2 aromatic rings. The van der Waals surface area contributed by atoms with Crippen LogP contribution in [0.3, 0.4) is 0 Å². The van der Waals surface area contributed by atoms with E-state index in [9.17, 15) is 23.6 Å². The molecule has 0 aliphatic carbocycles. The quantitative estimate of drug-likeness (QED) is 0.509. The van der Waals surface area contributed by atoms with Gasteiger partial charge >= 0.3 is 6.03 Å². The van der Waals surface area contributed by atoms with Crippen molar-refractivity contribution in [2.24, 2.45) is 5.92 Å². The summed E-state index contributed by atoms with van der Waals surface area (Å²) in [4.78, 5) is 52.4. The Kier molecular flexibility index (Phi) is 9.04. The number of methoxy groups -OCH3 is 1. The van der Waals surface area contributed by atoms with Crippen molar-refractivity contribution in [3.05, 3.63) is 48.0 Å². The van der Waals surface area contributed by atoms with E-state index in [1.807, 2.05) is 13.8 Å². The number of hydrogen-bond acceptors (Lipinski definition) is 6. The summed E-state index contributed by atoms with van der Waals surface area (Å²) >= 11 is 0. The molecule has 2 atom stereocenters. The molecular formula is C25H31FN4O6. The molecule has 1 aromatic heterocycles. The van der Waals surface area contributed by atoms with E-state index in [1.54, 1.807) is 6.07 Å². The lowest BCUT2D eigenvalue weighted by Gasteiger charge is -2.23. The lowest BCUT2D eigenvalue weighted by atomic mass is 10.0. The maximum absolute atomic E-state index is 13.9. The van der Waals surface area contributed by atoms with Gasteiger partial charge in [-0.2, -0.15) is 0 Å². The van der Waals surface area contributed by atoms with Gasteiger partial charge in [0.05, 0.1) is 25.4 Å². The smallest absolute Gasteiger partial charge is 0.322 e. The van der Waals surface area contributed by atoms with Crippen molar-refractivity contribution in [2.45, 2.75) is 45.2 Å². The Morgan fingerprint density at radius 1 is 1.19 bits per heavy atom. The lowest BCUT2D eigenvalue weighted by Crippen LogP contribution is -2.52. The molecule has 10 nitrogen and oxygen atoms in total. The number of hydrogen-bond donors (Lipinski definition) is 3. The molecule has 0 radical (unpaired) electrons. The molecule has 0 bridgehead atoms. The fourth-order valence-electron chi connectivity index (χ4n) is 3.86. The molecule has 1 fully saturated rings. The standard InChI is InChI=1S/C25H31FN4O6/c1-15(2)13-19(28-24(33)21-10-11-22(35-3)36-21)23(32)27-18-9-6-12-30(14-20(18)31)25(34)29-17-8-5-4-7-16(17)26/h4-5,7-8,10-11,15,18-19H,6,9,12-14H2,1-3H3,(H,27,32)(H,28,33)(H,29,34)/t18?,19-/m0/s1. The van der Waals surface area contributed by atoms with Crippen LogP contribution >= 0.6 is 0 Å². The number of anilines is 1. The van der Waals surface area contributed by atoms with Crippen LogP contribution in [0.4, 0.5) is 14.9 Å². The first-order valence-corrected chi connectivity index (χ1v) is 11.8. The molecule has 1 saturated heterocycles. The SMILES string of the molecule is COc1ccc(C(=O)N[C@@H](CC(C)C)C(=O)NC2CCCN(C(=O)Nc3ccccc3F)CC2=O)o1. The molecule has 1 aliphatic rings. The van der Waals surface area contributed by atoms with Crippen LogP contribution < -0.4 is 20.7 Å². The summed E-state index contributed by atoms with van der Waals surface area (Å²) in [5, 5.41) is 7.86. The Hall–Kier alpha value is -3.89. The van der Waals surface area contributed by atoms with E-state index in [0.29, 0.717) is 19.3 Å². The van der Waals surface area contributed by atoms with Gasteiger partial charge < -0.3 is 30.0 Å². The summed E-state index contributed by atoms with van der Waals surface area (Å²) in [6, 6.07) is 6.37. The molecule has 3 N–H and O–H groups in total. The van der Waals surface area contributed by atoms with Gasteiger partial charge in [-0.3, -0.25) is 14.4 Å². The van der Waals surface area contributed by atoms with E-state index in [-0.39, 0.29) is 42.2 Å². The highest BCUT2D eigenvalue weighted by molar-refractivity contribution is 5.98. The summed E-state index contributed by atoms with van der Waals surface area (Å²) < 4.78 is 24.1. The van der Waals surface area contributed by atoms with Crippen LogP contribution in [0.5, 0.6) is 5.95 Å². The topological polar surface area (TPSA) is 130 Å². The second-order valence-corrected chi connectivity index (χ2v) is 8.98. The number of amides is 4. The Balaban J connectivity index is 1.61. The molecule has 3 rings (SSSR count). The van der Waals surface area contributed by atoms with Crippen LogP contribution in [0.1, 0.15) is 43.7 Å². The molecule has 11 heteroatoms. The molecule has 36 heavy (non-hydrogen) atoms. The Morgan fingerprint density at radius 3 is 2.61 bits per heavy atom. The summed E-state index contributed by atoms with van der Waals surface area (Å²) in [6.45, 7) is 3.85. The maximum atomic E-state index is 13.9. The van der Waals surface area contributed by atoms with Crippen molar-refractivity contribution in [1.82, 2.24) is 15.5 Å². The van der Waals surface area contributed by atoms with Crippen LogP contribution in [0.2, 0.25) is 0 Å². The molecule has 0 spiro atoms. The first kappa shape index (κ1) is 26.7. The summed E-state index contributed by atoms with van der Waals surface area (Å²) in [5.41, 5.74) is 0.0190. The largest absolute Gasteiger partial charge is 0.468 e. The molecule has 1 aromatic carbocycles. The average Bonchev–Trinajstić information content (AvgIpc) is 3.25. The number of para-hydroxylation sites is 1. The maximum Gasteiger partial charge on any atom is 0.322 e. The van der Waals surface area contributed by atoms with E-state index in [1.165, 1.54) is 42.3 Å². The molecule has 194 valence electrons. The number of ether oxygens (including phenoxy) is 1. The third-order valence-corrected chi connectivity index (χ3v) is 5.71. The van der Waals surface area contributed by atoms with Crippen LogP contribution in [0.25, 0.3) is 0 Å². The summed E-state index contributed by atoms with van der Waals surface area (Å²) in [5.74, 6) is -1.78. The van der Waals surface area contributed by atoms with Gasteiger partial charge in [-0.25, -0.2) is 9.18 Å². The van der Waals surface area contributed by atoms with Gasteiger partial charge in [-0.15, -0.1) is 0 Å². The fraction of sp³-hybridized carbons (Fsp3) is 0.440. The normalized spacial score (nSPS) is 16.8. The highest BCUT2D eigenvalue weighted by atomic mass is 19.1. The third-order valence-electron chi connectivity index (χ3n) is 5.71. The molecule has 1 unspecified atom stereocenters.